The Bertz CT molecular complexity index is 354. The van der Waals surface area contributed by atoms with Crippen LogP contribution in [0.4, 0.5) is 5.69 Å². The molecule has 1 rings (SSSR count). The number of carbonyl (C=O) groups excluding carboxylic acids is 1. The molecule has 0 N–H and O–H groups in total. The van der Waals surface area contributed by atoms with Gasteiger partial charge in [-0.05, 0) is 18.6 Å². The van der Waals surface area contributed by atoms with Crippen molar-refractivity contribution in [2.24, 2.45) is 0 Å². The Morgan fingerprint density at radius 1 is 1.21 bits per heavy atom. The minimum Gasteiger partial charge on any atom is -0.382 e. The number of anilines is 1. The van der Waals surface area contributed by atoms with Gasteiger partial charge in [0.15, 0.2) is 0 Å². The van der Waals surface area contributed by atoms with E-state index < -0.39 is 0 Å². The molecule has 0 radical (unpaired) electrons. The van der Waals surface area contributed by atoms with E-state index in [-0.39, 0.29) is 12.5 Å². The number of para-hydroxylation sites is 1. The lowest BCUT2D eigenvalue weighted by atomic mass is 10.2. The number of carbonyl (C=O) groups is 1. The minimum atomic E-state index is -0.00393. The van der Waals surface area contributed by atoms with E-state index in [0.29, 0.717) is 13.2 Å². The quantitative estimate of drug-likeness (QED) is 0.644. The molecule has 1 aromatic carbocycles. The largest absolute Gasteiger partial charge is 0.382 e. The molecule has 0 aromatic heterocycles. The summed E-state index contributed by atoms with van der Waals surface area (Å²) in [6.07, 6.45) is 2.04. The monoisotopic (exact) mass is 265 g/mol. The van der Waals surface area contributed by atoms with Crippen LogP contribution in [0.15, 0.2) is 30.3 Å². The van der Waals surface area contributed by atoms with Gasteiger partial charge in [-0.15, -0.1) is 0 Å². The van der Waals surface area contributed by atoms with E-state index >= 15 is 0 Å². The summed E-state index contributed by atoms with van der Waals surface area (Å²) in [5.74, 6) is -0.00393. The predicted octanol–water partition coefficient (Wildman–Crippen LogP) is 2.48. The summed E-state index contributed by atoms with van der Waals surface area (Å²) >= 11 is 0. The normalized spacial score (nSPS) is 10.4. The number of unbranched alkanes of at least 4 members (excludes halogenated alkanes) is 1. The Hall–Kier alpha value is -1.39. The van der Waals surface area contributed by atoms with E-state index in [1.54, 1.807) is 12.0 Å². The lowest BCUT2D eigenvalue weighted by Gasteiger charge is -2.22. The molecule has 1 amide bonds. The number of hydrogen-bond acceptors (Lipinski definition) is 3. The minimum absolute atomic E-state index is 0.00393. The molecule has 0 fully saturated rings. The number of rotatable bonds is 9. The average molecular weight is 265 g/mol. The molecule has 0 aliphatic heterocycles. The Morgan fingerprint density at radius 2 is 1.95 bits per heavy atom. The number of methoxy groups -OCH3 is 1. The van der Waals surface area contributed by atoms with Gasteiger partial charge in [0.1, 0.15) is 6.61 Å². The van der Waals surface area contributed by atoms with Crippen molar-refractivity contribution in [3.05, 3.63) is 30.3 Å². The Balaban J connectivity index is 2.55. The van der Waals surface area contributed by atoms with Crippen molar-refractivity contribution < 1.29 is 14.3 Å². The third kappa shape index (κ3) is 5.85. The van der Waals surface area contributed by atoms with Crippen molar-refractivity contribution in [1.29, 1.82) is 0 Å². The summed E-state index contributed by atoms with van der Waals surface area (Å²) in [5, 5.41) is 0. The molecule has 0 bridgehead atoms. The summed E-state index contributed by atoms with van der Waals surface area (Å²) < 4.78 is 10.2. The van der Waals surface area contributed by atoms with E-state index in [0.717, 1.165) is 25.1 Å². The molecule has 0 saturated carbocycles. The summed E-state index contributed by atoms with van der Waals surface area (Å²) in [6, 6.07) is 9.72. The van der Waals surface area contributed by atoms with Gasteiger partial charge in [0, 0.05) is 19.3 Å². The Labute approximate surface area is 115 Å². The molecular formula is C15H23NO3. The van der Waals surface area contributed by atoms with Crippen LogP contribution in [0.1, 0.15) is 19.8 Å². The predicted molar refractivity (Wildman–Crippen MR) is 76.4 cm³/mol. The van der Waals surface area contributed by atoms with Crippen molar-refractivity contribution in [2.45, 2.75) is 19.8 Å². The van der Waals surface area contributed by atoms with Gasteiger partial charge in [-0.25, -0.2) is 0 Å². The van der Waals surface area contributed by atoms with Gasteiger partial charge < -0.3 is 14.4 Å². The molecule has 0 saturated heterocycles. The fourth-order valence-electron chi connectivity index (χ4n) is 1.70. The van der Waals surface area contributed by atoms with Crippen LogP contribution in [-0.4, -0.2) is 39.4 Å². The third-order valence-corrected chi connectivity index (χ3v) is 2.76. The highest BCUT2D eigenvalue weighted by Gasteiger charge is 2.14. The number of amides is 1. The molecule has 0 atom stereocenters. The maximum absolute atomic E-state index is 12.2. The van der Waals surface area contributed by atoms with Crippen LogP contribution in [-0.2, 0) is 14.3 Å². The fourth-order valence-corrected chi connectivity index (χ4v) is 1.70. The van der Waals surface area contributed by atoms with Crippen molar-refractivity contribution >= 4 is 11.6 Å². The smallest absolute Gasteiger partial charge is 0.252 e. The second-order valence-corrected chi connectivity index (χ2v) is 4.28. The van der Waals surface area contributed by atoms with Crippen LogP contribution in [0.5, 0.6) is 0 Å². The lowest BCUT2D eigenvalue weighted by Crippen LogP contribution is -2.35. The molecule has 0 aliphatic rings. The van der Waals surface area contributed by atoms with E-state index in [4.69, 9.17) is 9.47 Å². The first-order valence-electron chi connectivity index (χ1n) is 6.71. The highest BCUT2D eigenvalue weighted by molar-refractivity contribution is 5.94. The van der Waals surface area contributed by atoms with Crippen LogP contribution >= 0.6 is 0 Å². The van der Waals surface area contributed by atoms with E-state index in [1.165, 1.54) is 0 Å². The van der Waals surface area contributed by atoms with E-state index in [2.05, 4.69) is 6.92 Å². The van der Waals surface area contributed by atoms with Gasteiger partial charge in [-0.2, -0.15) is 0 Å². The third-order valence-electron chi connectivity index (χ3n) is 2.76. The number of hydrogen-bond donors (Lipinski definition) is 0. The molecule has 0 heterocycles. The molecule has 0 aliphatic carbocycles. The lowest BCUT2D eigenvalue weighted by molar-refractivity contribution is -0.123. The summed E-state index contributed by atoms with van der Waals surface area (Å²) in [4.78, 5) is 14.0. The van der Waals surface area contributed by atoms with E-state index in [1.807, 2.05) is 30.3 Å². The van der Waals surface area contributed by atoms with Crippen LogP contribution in [0, 0.1) is 0 Å². The van der Waals surface area contributed by atoms with Gasteiger partial charge in [-0.1, -0.05) is 31.5 Å². The van der Waals surface area contributed by atoms with Gasteiger partial charge in [0.2, 0.25) is 0 Å². The maximum atomic E-state index is 12.2. The Kier molecular flexibility index (Phi) is 7.86. The van der Waals surface area contributed by atoms with Gasteiger partial charge in [0.25, 0.3) is 5.91 Å². The second kappa shape index (κ2) is 9.53. The number of benzene rings is 1. The maximum Gasteiger partial charge on any atom is 0.252 e. The van der Waals surface area contributed by atoms with Crippen LogP contribution in [0.2, 0.25) is 0 Å². The number of nitrogens with zero attached hydrogens (tertiary/aromatic N) is 1. The highest BCUT2D eigenvalue weighted by atomic mass is 16.5. The van der Waals surface area contributed by atoms with Crippen LogP contribution in [0.3, 0.4) is 0 Å². The zero-order valence-electron chi connectivity index (χ0n) is 11.8. The van der Waals surface area contributed by atoms with Crippen molar-refractivity contribution in [3.63, 3.8) is 0 Å². The van der Waals surface area contributed by atoms with E-state index in [9.17, 15) is 4.79 Å². The first-order valence-corrected chi connectivity index (χ1v) is 6.71. The summed E-state index contributed by atoms with van der Waals surface area (Å²) in [6.45, 7) is 3.89. The Morgan fingerprint density at radius 3 is 2.58 bits per heavy atom. The first-order chi connectivity index (χ1) is 9.29. The number of ether oxygens (including phenoxy) is 2. The van der Waals surface area contributed by atoms with Crippen LogP contribution < -0.4 is 4.90 Å². The molecule has 106 valence electrons. The van der Waals surface area contributed by atoms with Gasteiger partial charge in [-0.3, -0.25) is 4.79 Å². The molecule has 4 nitrogen and oxygen atoms in total. The zero-order chi connectivity index (χ0) is 13.9. The second-order valence-electron chi connectivity index (χ2n) is 4.28. The molecule has 4 heteroatoms. The molecule has 0 unspecified atom stereocenters. The standard InChI is InChI=1S/C15H23NO3/c1-3-4-10-16(14-8-6-5-7-9-14)15(17)13-19-12-11-18-2/h5-9H,3-4,10-13H2,1-2H3. The molecule has 19 heavy (non-hydrogen) atoms. The molecule has 0 spiro atoms. The van der Waals surface area contributed by atoms with Gasteiger partial charge in [0.05, 0.1) is 13.2 Å². The first kappa shape index (κ1) is 15.7. The average Bonchev–Trinajstić information content (AvgIpc) is 2.45. The fraction of sp³-hybridized carbons (Fsp3) is 0.533. The van der Waals surface area contributed by atoms with Crippen molar-refractivity contribution in [2.75, 3.05) is 38.4 Å². The van der Waals surface area contributed by atoms with Crippen LogP contribution in [0.25, 0.3) is 0 Å². The SMILES string of the molecule is CCCCN(C(=O)COCCOC)c1ccccc1. The van der Waals surface area contributed by atoms with Crippen molar-refractivity contribution in [1.82, 2.24) is 0 Å². The summed E-state index contributed by atoms with van der Waals surface area (Å²) in [7, 11) is 1.61. The highest BCUT2D eigenvalue weighted by Crippen LogP contribution is 2.14. The van der Waals surface area contributed by atoms with Gasteiger partial charge >= 0.3 is 0 Å². The molecular weight excluding hydrogens is 242 g/mol. The summed E-state index contributed by atoms with van der Waals surface area (Å²) in [5.41, 5.74) is 0.927. The topological polar surface area (TPSA) is 38.8 Å². The molecule has 1 aromatic rings. The zero-order valence-corrected chi connectivity index (χ0v) is 11.8. The van der Waals surface area contributed by atoms with Crippen molar-refractivity contribution in [3.8, 4) is 0 Å².